The van der Waals surface area contributed by atoms with Crippen LogP contribution in [-0.4, -0.2) is 15.0 Å². The van der Waals surface area contributed by atoms with Crippen LogP contribution in [0.4, 0.5) is 0 Å². The lowest BCUT2D eigenvalue weighted by Gasteiger charge is -2.33. The molecule has 0 saturated heterocycles. The molecular formula is C46H29N3. The number of nitrogens with zero attached hydrogens (tertiary/aromatic N) is 3. The summed E-state index contributed by atoms with van der Waals surface area (Å²) < 4.78 is 0. The molecule has 3 aromatic heterocycles. The maximum atomic E-state index is 5.24. The van der Waals surface area contributed by atoms with Gasteiger partial charge in [0.05, 0.1) is 33.4 Å². The maximum Gasteiger partial charge on any atom is 0.0972 e. The molecule has 9 aromatic rings. The summed E-state index contributed by atoms with van der Waals surface area (Å²) in [4.78, 5) is 14.9. The Labute approximate surface area is 284 Å². The van der Waals surface area contributed by atoms with Crippen LogP contribution >= 0.6 is 0 Å². The van der Waals surface area contributed by atoms with E-state index in [1.807, 2.05) is 12.3 Å². The third kappa shape index (κ3) is 4.12. The highest BCUT2D eigenvalue weighted by atomic mass is 14.8. The van der Waals surface area contributed by atoms with E-state index in [9.17, 15) is 0 Å². The fourth-order valence-electron chi connectivity index (χ4n) is 8.00. The van der Waals surface area contributed by atoms with Gasteiger partial charge in [0.1, 0.15) is 0 Å². The molecule has 228 valence electrons. The summed E-state index contributed by atoms with van der Waals surface area (Å²) in [6.07, 6.45) is 1.83. The van der Waals surface area contributed by atoms with Crippen LogP contribution in [0.15, 0.2) is 176 Å². The Morgan fingerprint density at radius 3 is 1.76 bits per heavy atom. The molecule has 1 aliphatic carbocycles. The van der Waals surface area contributed by atoms with E-state index >= 15 is 0 Å². The SMILES string of the molecule is c1ccc(C2(c3ccccc3)c3ccccc3-c3c2ccc2nc(-c4ccc(-c5ccc6ccc7cccnc7c6n5)cc4)ccc32)cc1. The number of hydrogen-bond donors (Lipinski definition) is 0. The van der Waals surface area contributed by atoms with Crippen molar-refractivity contribution in [3.63, 3.8) is 0 Å². The van der Waals surface area contributed by atoms with Gasteiger partial charge in [-0.15, -0.1) is 0 Å². The number of benzene rings is 6. The Kier molecular flexibility index (Phi) is 6.09. The van der Waals surface area contributed by atoms with E-state index in [4.69, 9.17) is 9.97 Å². The van der Waals surface area contributed by atoms with Crippen LogP contribution in [0.1, 0.15) is 22.3 Å². The van der Waals surface area contributed by atoms with Gasteiger partial charge in [0.25, 0.3) is 0 Å². The molecule has 0 bridgehead atoms. The maximum absolute atomic E-state index is 5.24. The van der Waals surface area contributed by atoms with E-state index in [1.54, 1.807) is 0 Å². The smallest absolute Gasteiger partial charge is 0.0972 e. The van der Waals surface area contributed by atoms with Crippen molar-refractivity contribution in [1.29, 1.82) is 0 Å². The summed E-state index contributed by atoms with van der Waals surface area (Å²) >= 11 is 0. The second-order valence-corrected chi connectivity index (χ2v) is 12.8. The Balaban J connectivity index is 1.08. The zero-order valence-electron chi connectivity index (χ0n) is 26.6. The lowest BCUT2D eigenvalue weighted by atomic mass is 9.67. The molecule has 0 fully saturated rings. The van der Waals surface area contributed by atoms with Gasteiger partial charge in [-0.2, -0.15) is 0 Å². The molecule has 1 aliphatic rings. The minimum absolute atomic E-state index is 0.420. The van der Waals surface area contributed by atoms with Crippen LogP contribution in [0, 0.1) is 0 Å². The van der Waals surface area contributed by atoms with E-state index < -0.39 is 5.41 Å². The first-order valence-electron chi connectivity index (χ1n) is 16.7. The van der Waals surface area contributed by atoms with E-state index in [0.29, 0.717) is 0 Å². The summed E-state index contributed by atoms with van der Waals surface area (Å²) in [6.45, 7) is 0. The molecule has 3 nitrogen and oxygen atoms in total. The Morgan fingerprint density at radius 1 is 0.408 bits per heavy atom. The molecule has 0 saturated carbocycles. The van der Waals surface area contributed by atoms with E-state index in [1.165, 1.54) is 38.8 Å². The summed E-state index contributed by atoms with van der Waals surface area (Å²) in [5.74, 6) is 0. The van der Waals surface area contributed by atoms with Gasteiger partial charge in [-0.25, -0.2) is 9.97 Å². The Hall–Kier alpha value is -6.45. The standard InChI is InChI=1S/C46H29N3/c1-3-11-34(12-4-1)46(35-13-5-2-6-14-35)38-16-8-7-15-36(38)43-37-24-27-40(48-42(37)28-25-39(43)46)30-17-19-31(20-18-30)41-26-23-33-22-21-32-10-9-29-47-44(32)45(33)49-41/h1-29H. The van der Waals surface area contributed by atoms with Crippen molar-refractivity contribution < 1.29 is 0 Å². The van der Waals surface area contributed by atoms with Crippen molar-refractivity contribution in [3.05, 3.63) is 198 Å². The minimum atomic E-state index is -0.420. The normalized spacial score (nSPS) is 13.1. The topological polar surface area (TPSA) is 38.7 Å². The predicted molar refractivity (Wildman–Crippen MR) is 201 cm³/mol. The van der Waals surface area contributed by atoms with Crippen LogP contribution in [0.25, 0.3) is 66.4 Å². The monoisotopic (exact) mass is 623 g/mol. The number of pyridine rings is 3. The molecular weight excluding hydrogens is 595 g/mol. The fourth-order valence-corrected chi connectivity index (χ4v) is 8.00. The van der Waals surface area contributed by atoms with Crippen molar-refractivity contribution in [2.45, 2.75) is 5.41 Å². The highest BCUT2D eigenvalue weighted by Gasteiger charge is 2.46. The largest absolute Gasteiger partial charge is 0.254 e. The molecule has 0 atom stereocenters. The average molecular weight is 624 g/mol. The molecule has 10 rings (SSSR count). The van der Waals surface area contributed by atoms with E-state index in [-0.39, 0.29) is 0 Å². The summed E-state index contributed by atoms with van der Waals surface area (Å²) in [7, 11) is 0. The number of hydrogen-bond acceptors (Lipinski definition) is 3. The first-order valence-corrected chi connectivity index (χ1v) is 16.7. The zero-order chi connectivity index (χ0) is 32.4. The van der Waals surface area contributed by atoms with Gasteiger partial charge in [0.15, 0.2) is 0 Å². The fraction of sp³-hybridized carbons (Fsp3) is 0.0217. The molecule has 49 heavy (non-hydrogen) atoms. The van der Waals surface area contributed by atoms with Gasteiger partial charge in [-0.1, -0.05) is 146 Å². The number of fused-ring (bicyclic) bond motifs is 8. The van der Waals surface area contributed by atoms with Gasteiger partial charge >= 0.3 is 0 Å². The Bertz CT molecular complexity index is 2660. The van der Waals surface area contributed by atoms with Gasteiger partial charge in [0, 0.05) is 33.5 Å². The Morgan fingerprint density at radius 2 is 1.02 bits per heavy atom. The van der Waals surface area contributed by atoms with Crippen LogP contribution in [-0.2, 0) is 5.41 Å². The van der Waals surface area contributed by atoms with Gasteiger partial charge in [-0.05, 0) is 57.6 Å². The molecule has 0 N–H and O–H groups in total. The quantitative estimate of drug-likeness (QED) is 0.183. The van der Waals surface area contributed by atoms with Crippen molar-refractivity contribution >= 4 is 32.7 Å². The molecule has 0 aliphatic heterocycles. The van der Waals surface area contributed by atoms with Crippen molar-refractivity contribution in [3.8, 4) is 33.6 Å². The molecule has 0 amide bonds. The summed E-state index contributed by atoms with van der Waals surface area (Å²) in [5.41, 5.74) is 14.1. The summed E-state index contributed by atoms with van der Waals surface area (Å²) in [6, 6.07) is 60.7. The van der Waals surface area contributed by atoms with Gasteiger partial charge in [-0.3, -0.25) is 4.98 Å². The van der Waals surface area contributed by atoms with Crippen LogP contribution < -0.4 is 0 Å². The first kappa shape index (κ1) is 27.6. The molecule has 3 heterocycles. The van der Waals surface area contributed by atoms with E-state index in [0.717, 1.165) is 49.8 Å². The number of rotatable bonds is 4. The molecule has 3 heteroatoms. The molecule has 0 radical (unpaired) electrons. The van der Waals surface area contributed by atoms with Crippen molar-refractivity contribution in [2.75, 3.05) is 0 Å². The molecule has 6 aromatic carbocycles. The third-order valence-electron chi connectivity index (χ3n) is 10.2. The van der Waals surface area contributed by atoms with Crippen molar-refractivity contribution in [2.24, 2.45) is 0 Å². The zero-order valence-corrected chi connectivity index (χ0v) is 26.6. The lowest BCUT2D eigenvalue weighted by Crippen LogP contribution is -2.28. The highest BCUT2D eigenvalue weighted by Crippen LogP contribution is 2.57. The van der Waals surface area contributed by atoms with E-state index in [2.05, 4.69) is 169 Å². The second kappa shape index (κ2) is 10.8. The second-order valence-electron chi connectivity index (χ2n) is 12.8. The average Bonchev–Trinajstić information content (AvgIpc) is 3.49. The van der Waals surface area contributed by atoms with Crippen LogP contribution in [0.3, 0.4) is 0 Å². The molecule has 0 unspecified atom stereocenters. The minimum Gasteiger partial charge on any atom is -0.254 e. The lowest BCUT2D eigenvalue weighted by molar-refractivity contribution is 0.769. The first-order chi connectivity index (χ1) is 24.3. The van der Waals surface area contributed by atoms with Crippen LogP contribution in [0.2, 0.25) is 0 Å². The third-order valence-corrected chi connectivity index (χ3v) is 10.2. The van der Waals surface area contributed by atoms with Gasteiger partial charge in [0.2, 0.25) is 0 Å². The van der Waals surface area contributed by atoms with Gasteiger partial charge < -0.3 is 0 Å². The predicted octanol–water partition coefficient (Wildman–Crippen LogP) is 11.0. The number of aromatic nitrogens is 3. The highest BCUT2D eigenvalue weighted by molar-refractivity contribution is 6.04. The van der Waals surface area contributed by atoms with Crippen LogP contribution in [0.5, 0.6) is 0 Å². The molecule has 0 spiro atoms. The summed E-state index contributed by atoms with van der Waals surface area (Å²) in [5, 5.41) is 3.35. The van der Waals surface area contributed by atoms with Crippen molar-refractivity contribution in [1.82, 2.24) is 15.0 Å².